The standard InChI is InChI=1S/C15H27ClO5/c1-3-4-5-6-7-8-9-10-14(17)21-13(2)11-19-15(18)20-12-16/h13H,3-12H2,1-2H3. The van der Waals surface area contributed by atoms with Gasteiger partial charge >= 0.3 is 12.1 Å². The van der Waals surface area contributed by atoms with Gasteiger partial charge in [0.15, 0.2) is 6.07 Å². The number of halogens is 1. The molecule has 0 aliphatic carbocycles. The van der Waals surface area contributed by atoms with E-state index >= 15 is 0 Å². The predicted octanol–water partition coefficient (Wildman–Crippen LogP) is 4.41. The summed E-state index contributed by atoms with van der Waals surface area (Å²) < 4.78 is 14.2. The van der Waals surface area contributed by atoms with E-state index in [0.717, 1.165) is 19.3 Å². The third-order valence-corrected chi connectivity index (χ3v) is 3.03. The number of carbonyl (C=O) groups is 2. The Labute approximate surface area is 132 Å². The first-order valence-electron chi connectivity index (χ1n) is 7.65. The fourth-order valence-electron chi connectivity index (χ4n) is 1.82. The molecule has 0 aromatic carbocycles. The van der Waals surface area contributed by atoms with Gasteiger partial charge in [-0.15, -0.1) is 0 Å². The molecule has 0 saturated heterocycles. The maximum Gasteiger partial charge on any atom is 0.509 e. The number of hydrogen-bond acceptors (Lipinski definition) is 5. The number of hydrogen-bond donors (Lipinski definition) is 0. The minimum absolute atomic E-state index is 0.0293. The summed E-state index contributed by atoms with van der Waals surface area (Å²) in [6.07, 6.45) is 7.14. The zero-order valence-electron chi connectivity index (χ0n) is 13.1. The van der Waals surface area contributed by atoms with Gasteiger partial charge in [-0.3, -0.25) is 4.79 Å². The van der Waals surface area contributed by atoms with Gasteiger partial charge in [-0.1, -0.05) is 57.0 Å². The number of ether oxygens (including phenoxy) is 3. The molecule has 0 radical (unpaired) electrons. The van der Waals surface area contributed by atoms with Gasteiger partial charge < -0.3 is 14.2 Å². The first-order chi connectivity index (χ1) is 10.1. The highest BCUT2D eigenvalue weighted by molar-refractivity contribution is 6.17. The Kier molecular flexibility index (Phi) is 13.3. The normalized spacial score (nSPS) is 11.8. The fourth-order valence-corrected chi connectivity index (χ4v) is 1.90. The Balaban J connectivity index is 3.49. The average molecular weight is 323 g/mol. The Morgan fingerprint density at radius 2 is 1.62 bits per heavy atom. The lowest BCUT2D eigenvalue weighted by Crippen LogP contribution is -2.22. The van der Waals surface area contributed by atoms with E-state index < -0.39 is 12.3 Å². The molecule has 1 unspecified atom stereocenters. The van der Waals surface area contributed by atoms with Crippen LogP contribution in [0.3, 0.4) is 0 Å². The predicted molar refractivity (Wildman–Crippen MR) is 81.3 cm³/mol. The van der Waals surface area contributed by atoms with Gasteiger partial charge in [-0.05, 0) is 13.3 Å². The second-order valence-corrected chi connectivity index (χ2v) is 5.20. The Morgan fingerprint density at radius 1 is 1.00 bits per heavy atom. The van der Waals surface area contributed by atoms with Gasteiger partial charge in [0.1, 0.15) is 12.7 Å². The number of alkyl halides is 1. The lowest BCUT2D eigenvalue weighted by molar-refractivity contribution is -0.150. The van der Waals surface area contributed by atoms with Gasteiger partial charge in [-0.2, -0.15) is 0 Å². The zero-order valence-corrected chi connectivity index (χ0v) is 13.8. The van der Waals surface area contributed by atoms with E-state index in [1.54, 1.807) is 6.92 Å². The molecule has 0 aliphatic heterocycles. The Morgan fingerprint density at radius 3 is 2.24 bits per heavy atom. The van der Waals surface area contributed by atoms with Crippen LogP contribution < -0.4 is 0 Å². The van der Waals surface area contributed by atoms with E-state index in [0.29, 0.717) is 6.42 Å². The molecule has 0 N–H and O–H groups in total. The average Bonchev–Trinajstić information content (AvgIpc) is 2.44. The molecule has 21 heavy (non-hydrogen) atoms. The molecule has 0 heterocycles. The third kappa shape index (κ3) is 13.8. The van der Waals surface area contributed by atoms with E-state index in [9.17, 15) is 9.59 Å². The van der Waals surface area contributed by atoms with Crippen LogP contribution in [0.15, 0.2) is 0 Å². The summed E-state index contributed by atoms with van der Waals surface area (Å²) in [7, 11) is 0. The second kappa shape index (κ2) is 14.0. The van der Waals surface area contributed by atoms with Gasteiger partial charge in [0.2, 0.25) is 0 Å². The minimum atomic E-state index is -0.861. The van der Waals surface area contributed by atoms with Gasteiger partial charge in [-0.25, -0.2) is 4.79 Å². The van der Waals surface area contributed by atoms with Crippen LogP contribution in [0.25, 0.3) is 0 Å². The van der Waals surface area contributed by atoms with Crippen LogP contribution in [0, 0.1) is 0 Å². The second-order valence-electron chi connectivity index (χ2n) is 4.99. The van der Waals surface area contributed by atoms with Gasteiger partial charge in [0.05, 0.1) is 0 Å². The number of unbranched alkanes of at least 4 members (excludes halogenated alkanes) is 6. The first-order valence-corrected chi connectivity index (χ1v) is 8.18. The minimum Gasteiger partial charge on any atom is -0.459 e. The van der Waals surface area contributed by atoms with Crippen molar-refractivity contribution in [2.45, 2.75) is 71.3 Å². The van der Waals surface area contributed by atoms with Crippen LogP contribution in [0.4, 0.5) is 4.79 Å². The van der Waals surface area contributed by atoms with Crippen LogP contribution in [0.2, 0.25) is 0 Å². The smallest absolute Gasteiger partial charge is 0.459 e. The first kappa shape index (κ1) is 20.0. The molecule has 0 rings (SSSR count). The molecule has 0 aliphatic rings. The summed E-state index contributed by atoms with van der Waals surface area (Å²) in [4.78, 5) is 22.4. The largest absolute Gasteiger partial charge is 0.509 e. The monoisotopic (exact) mass is 322 g/mol. The Hall–Kier alpha value is -0.970. The summed E-state index contributed by atoms with van der Waals surface area (Å²) in [6, 6.07) is -0.259. The van der Waals surface area contributed by atoms with Crippen LogP contribution in [0.5, 0.6) is 0 Å². The molecular formula is C15H27ClO5. The molecule has 5 nitrogen and oxygen atoms in total. The lowest BCUT2D eigenvalue weighted by Gasteiger charge is -2.13. The van der Waals surface area contributed by atoms with Crippen molar-refractivity contribution in [1.82, 2.24) is 0 Å². The van der Waals surface area contributed by atoms with Crippen molar-refractivity contribution in [3.8, 4) is 0 Å². The molecule has 0 bridgehead atoms. The Bertz CT molecular complexity index is 283. The van der Waals surface area contributed by atoms with E-state index in [4.69, 9.17) is 21.1 Å². The highest BCUT2D eigenvalue weighted by Crippen LogP contribution is 2.09. The third-order valence-electron chi connectivity index (χ3n) is 2.93. The molecule has 0 amide bonds. The zero-order chi connectivity index (χ0) is 15.9. The molecule has 0 aromatic heterocycles. The van der Waals surface area contributed by atoms with E-state index in [-0.39, 0.29) is 18.6 Å². The van der Waals surface area contributed by atoms with Gasteiger partial charge in [0.25, 0.3) is 0 Å². The summed E-state index contributed by atoms with van der Waals surface area (Å²) >= 11 is 5.20. The summed E-state index contributed by atoms with van der Waals surface area (Å²) in [5.74, 6) is -0.259. The van der Waals surface area contributed by atoms with Crippen LogP contribution in [-0.2, 0) is 19.0 Å². The summed E-state index contributed by atoms with van der Waals surface area (Å²) in [5.41, 5.74) is 0. The van der Waals surface area contributed by atoms with Crippen molar-refractivity contribution in [2.75, 3.05) is 12.7 Å². The van der Waals surface area contributed by atoms with Crippen molar-refractivity contribution in [3.05, 3.63) is 0 Å². The summed E-state index contributed by atoms with van der Waals surface area (Å²) in [5, 5.41) is 0. The van der Waals surface area contributed by atoms with Crippen molar-refractivity contribution >= 4 is 23.7 Å². The number of carbonyl (C=O) groups excluding carboxylic acids is 2. The molecule has 6 heteroatoms. The maximum absolute atomic E-state index is 11.5. The van der Waals surface area contributed by atoms with Crippen molar-refractivity contribution in [3.63, 3.8) is 0 Å². The van der Waals surface area contributed by atoms with E-state index in [2.05, 4.69) is 11.7 Å². The van der Waals surface area contributed by atoms with Crippen molar-refractivity contribution in [2.24, 2.45) is 0 Å². The number of rotatable bonds is 12. The molecular weight excluding hydrogens is 296 g/mol. The maximum atomic E-state index is 11.5. The molecule has 0 saturated carbocycles. The van der Waals surface area contributed by atoms with Crippen LogP contribution in [-0.4, -0.2) is 30.9 Å². The van der Waals surface area contributed by atoms with Gasteiger partial charge in [0, 0.05) is 6.42 Å². The fraction of sp³-hybridized carbons (Fsp3) is 0.867. The molecule has 0 spiro atoms. The quantitative estimate of drug-likeness (QED) is 0.302. The highest BCUT2D eigenvalue weighted by Gasteiger charge is 2.12. The highest BCUT2D eigenvalue weighted by atomic mass is 35.5. The van der Waals surface area contributed by atoms with E-state index in [1.807, 2.05) is 0 Å². The van der Waals surface area contributed by atoms with Crippen LogP contribution >= 0.6 is 11.6 Å². The summed E-state index contributed by atoms with van der Waals surface area (Å²) in [6.45, 7) is 3.82. The molecule has 124 valence electrons. The van der Waals surface area contributed by atoms with Crippen molar-refractivity contribution < 1.29 is 23.8 Å². The number of esters is 1. The van der Waals surface area contributed by atoms with Crippen LogP contribution in [0.1, 0.15) is 65.2 Å². The molecule has 1 atom stereocenters. The SMILES string of the molecule is CCCCCCCCCC(=O)OC(C)COC(=O)OCCl. The molecule has 0 fully saturated rings. The van der Waals surface area contributed by atoms with E-state index in [1.165, 1.54) is 25.7 Å². The lowest BCUT2D eigenvalue weighted by atomic mass is 10.1. The molecule has 0 aromatic rings. The van der Waals surface area contributed by atoms with Crippen molar-refractivity contribution in [1.29, 1.82) is 0 Å². The topological polar surface area (TPSA) is 61.8 Å².